The highest BCUT2D eigenvalue weighted by Crippen LogP contribution is 2.32. The molecule has 0 spiro atoms. The summed E-state index contributed by atoms with van der Waals surface area (Å²) >= 11 is 6.25. The number of rotatable bonds is 4. The number of hydrogen-bond acceptors (Lipinski definition) is 4. The fourth-order valence-corrected chi connectivity index (χ4v) is 3.15. The number of nitrogens with zero attached hydrogens (tertiary/aromatic N) is 5. The zero-order chi connectivity index (χ0) is 15.5. The summed E-state index contributed by atoms with van der Waals surface area (Å²) in [5.41, 5.74) is 1.13. The molecule has 2 aromatic rings. The van der Waals surface area contributed by atoms with Crippen LogP contribution in [-0.2, 0) is 11.3 Å². The molecule has 0 bridgehead atoms. The third-order valence-electron chi connectivity index (χ3n) is 4.13. The maximum Gasteiger partial charge on any atom is 0.224 e. The smallest absolute Gasteiger partial charge is 0.224 e. The molecule has 1 saturated heterocycles. The van der Waals surface area contributed by atoms with Gasteiger partial charge in [0.05, 0.1) is 6.54 Å². The van der Waals surface area contributed by atoms with Crippen LogP contribution in [0.15, 0.2) is 24.3 Å². The van der Waals surface area contributed by atoms with Crippen molar-refractivity contribution in [1.29, 1.82) is 0 Å². The van der Waals surface area contributed by atoms with Crippen molar-refractivity contribution < 1.29 is 4.79 Å². The molecule has 1 aliphatic heterocycles. The summed E-state index contributed by atoms with van der Waals surface area (Å²) in [5.74, 6) is 1.19. The maximum absolute atomic E-state index is 12.3. The molecule has 1 atom stereocenters. The Labute approximate surface area is 134 Å². The van der Waals surface area contributed by atoms with Crippen molar-refractivity contribution in [2.24, 2.45) is 0 Å². The van der Waals surface area contributed by atoms with Crippen LogP contribution in [0.2, 0.25) is 5.02 Å². The number of halogens is 1. The molecule has 116 valence electrons. The van der Waals surface area contributed by atoms with E-state index in [0.717, 1.165) is 35.9 Å². The summed E-state index contributed by atoms with van der Waals surface area (Å²) in [7, 11) is 0. The average Bonchev–Trinajstić information content (AvgIpc) is 3.14. The first-order chi connectivity index (χ1) is 10.6. The molecule has 1 aliphatic rings. The number of carbonyl (C=O) groups is 1. The Balaban J connectivity index is 1.57. The number of aryl methyl sites for hydroxylation is 2. The standard InChI is InChI=1S/C15H18ClN5O/c1-11-17-18-19-21(11)9-7-15(22)20-8-6-12(10-20)13-4-2-3-5-14(13)16/h2-5,12H,6-10H2,1H3/t12-/m1/s1. The van der Waals surface area contributed by atoms with Crippen molar-refractivity contribution in [3.63, 3.8) is 0 Å². The molecule has 1 aromatic carbocycles. The molecule has 0 N–H and O–H groups in total. The van der Waals surface area contributed by atoms with Gasteiger partial charge in [0.25, 0.3) is 0 Å². The summed E-state index contributed by atoms with van der Waals surface area (Å²) in [5, 5.41) is 12.0. The Morgan fingerprint density at radius 2 is 2.23 bits per heavy atom. The minimum atomic E-state index is 0.143. The summed E-state index contributed by atoms with van der Waals surface area (Å²) in [6.45, 7) is 3.86. The van der Waals surface area contributed by atoms with Crippen molar-refractivity contribution in [1.82, 2.24) is 25.1 Å². The summed E-state index contributed by atoms with van der Waals surface area (Å²) in [6, 6.07) is 7.87. The van der Waals surface area contributed by atoms with Gasteiger partial charge >= 0.3 is 0 Å². The monoisotopic (exact) mass is 319 g/mol. The van der Waals surface area contributed by atoms with E-state index in [4.69, 9.17) is 11.6 Å². The quantitative estimate of drug-likeness (QED) is 0.865. The summed E-state index contributed by atoms with van der Waals surface area (Å²) in [4.78, 5) is 14.2. The SMILES string of the molecule is Cc1nnnn1CCC(=O)N1CC[C@@H](c2ccccc2Cl)C1. The first-order valence-corrected chi connectivity index (χ1v) is 7.78. The van der Waals surface area contributed by atoms with Crippen molar-refractivity contribution in [3.05, 3.63) is 40.7 Å². The van der Waals surface area contributed by atoms with Crippen molar-refractivity contribution >= 4 is 17.5 Å². The van der Waals surface area contributed by atoms with Gasteiger partial charge in [0.2, 0.25) is 5.91 Å². The van der Waals surface area contributed by atoms with Crippen LogP contribution in [0.3, 0.4) is 0 Å². The van der Waals surface area contributed by atoms with E-state index < -0.39 is 0 Å². The molecule has 0 saturated carbocycles. The summed E-state index contributed by atoms with van der Waals surface area (Å²) < 4.78 is 1.65. The van der Waals surface area contributed by atoms with E-state index in [0.29, 0.717) is 18.9 Å². The number of amides is 1. The van der Waals surface area contributed by atoms with Crippen LogP contribution in [0.4, 0.5) is 0 Å². The van der Waals surface area contributed by atoms with Gasteiger partial charge in [-0.05, 0) is 35.4 Å². The molecule has 0 aliphatic carbocycles. The Hall–Kier alpha value is -1.95. The third-order valence-corrected chi connectivity index (χ3v) is 4.48. The zero-order valence-electron chi connectivity index (χ0n) is 12.4. The van der Waals surface area contributed by atoms with Crippen LogP contribution in [0.5, 0.6) is 0 Å². The van der Waals surface area contributed by atoms with Crippen molar-refractivity contribution in [2.45, 2.75) is 32.2 Å². The van der Waals surface area contributed by atoms with Gasteiger partial charge in [0, 0.05) is 30.5 Å². The molecule has 0 radical (unpaired) electrons. The normalized spacial score (nSPS) is 17.9. The van der Waals surface area contributed by atoms with Gasteiger partial charge in [-0.25, -0.2) is 4.68 Å². The molecule has 3 rings (SSSR count). The lowest BCUT2D eigenvalue weighted by Gasteiger charge is -2.17. The molecule has 6 nitrogen and oxygen atoms in total. The van der Waals surface area contributed by atoms with Crippen LogP contribution in [0, 0.1) is 6.92 Å². The topological polar surface area (TPSA) is 63.9 Å². The highest BCUT2D eigenvalue weighted by Gasteiger charge is 2.28. The van der Waals surface area contributed by atoms with E-state index in [1.807, 2.05) is 36.1 Å². The highest BCUT2D eigenvalue weighted by molar-refractivity contribution is 6.31. The number of tetrazole rings is 1. The molecule has 2 heterocycles. The van der Waals surface area contributed by atoms with Crippen LogP contribution >= 0.6 is 11.6 Å². The van der Waals surface area contributed by atoms with Crippen molar-refractivity contribution in [3.8, 4) is 0 Å². The largest absolute Gasteiger partial charge is 0.342 e. The number of likely N-dealkylation sites (tertiary alicyclic amines) is 1. The molecule has 0 unspecified atom stereocenters. The van der Waals surface area contributed by atoms with E-state index in [2.05, 4.69) is 15.5 Å². The highest BCUT2D eigenvalue weighted by atomic mass is 35.5. The lowest BCUT2D eigenvalue weighted by Crippen LogP contribution is -2.29. The predicted molar refractivity (Wildman–Crippen MR) is 82.6 cm³/mol. The summed E-state index contributed by atoms with van der Waals surface area (Å²) in [6.07, 6.45) is 1.38. The number of hydrogen-bond donors (Lipinski definition) is 0. The maximum atomic E-state index is 12.3. The molecule has 1 amide bonds. The molecule has 1 aromatic heterocycles. The first-order valence-electron chi connectivity index (χ1n) is 7.40. The third kappa shape index (κ3) is 3.11. The van der Waals surface area contributed by atoms with Gasteiger partial charge < -0.3 is 4.90 Å². The fourth-order valence-electron chi connectivity index (χ4n) is 2.86. The van der Waals surface area contributed by atoms with Crippen LogP contribution < -0.4 is 0 Å². The van der Waals surface area contributed by atoms with Gasteiger partial charge in [-0.3, -0.25) is 4.79 Å². The minimum Gasteiger partial charge on any atom is -0.342 e. The van der Waals surface area contributed by atoms with Gasteiger partial charge in [-0.15, -0.1) is 5.10 Å². The number of carbonyl (C=O) groups excluding carboxylic acids is 1. The van der Waals surface area contributed by atoms with Crippen LogP contribution in [0.25, 0.3) is 0 Å². The first kappa shape index (κ1) is 15.0. The van der Waals surface area contributed by atoms with Crippen LogP contribution in [-0.4, -0.2) is 44.1 Å². The van der Waals surface area contributed by atoms with E-state index >= 15 is 0 Å². The second kappa shape index (κ2) is 6.44. The average molecular weight is 320 g/mol. The van der Waals surface area contributed by atoms with Crippen molar-refractivity contribution in [2.75, 3.05) is 13.1 Å². The molecule has 1 fully saturated rings. The Kier molecular flexibility index (Phi) is 4.38. The Morgan fingerprint density at radius 3 is 2.95 bits per heavy atom. The number of benzene rings is 1. The van der Waals surface area contributed by atoms with Gasteiger partial charge in [0.15, 0.2) is 0 Å². The second-order valence-electron chi connectivity index (χ2n) is 5.55. The van der Waals surface area contributed by atoms with Gasteiger partial charge in [-0.2, -0.15) is 0 Å². The van der Waals surface area contributed by atoms with E-state index in [9.17, 15) is 4.79 Å². The van der Waals surface area contributed by atoms with Crippen LogP contribution in [0.1, 0.15) is 30.1 Å². The lowest BCUT2D eigenvalue weighted by atomic mass is 9.98. The predicted octanol–water partition coefficient (Wildman–Crippen LogP) is 2.04. The second-order valence-corrected chi connectivity index (χ2v) is 5.95. The molecule has 22 heavy (non-hydrogen) atoms. The Bertz CT molecular complexity index is 671. The van der Waals surface area contributed by atoms with E-state index in [-0.39, 0.29) is 5.91 Å². The van der Waals surface area contributed by atoms with E-state index in [1.165, 1.54) is 0 Å². The molecular formula is C15H18ClN5O. The lowest BCUT2D eigenvalue weighted by molar-refractivity contribution is -0.130. The van der Waals surface area contributed by atoms with Gasteiger partial charge in [0.1, 0.15) is 5.82 Å². The molecular weight excluding hydrogens is 302 g/mol. The minimum absolute atomic E-state index is 0.143. The van der Waals surface area contributed by atoms with Gasteiger partial charge in [-0.1, -0.05) is 29.8 Å². The zero-order valence-corrected chi connectivity index (χ0v) is 13.2. The van der Waals surface area contributed by atoms with E-state index in [1.54, 1.807) is 4.68 Å². The molecule has 7 heteroatoms. The fraction of sp³-hybridized carbons (Fsp3) is 0.467. The Morgan fingerprint density at radius 1 is 1.41 bits per heavy atom. The number of aromatic nitrogens is 4.